The molecule has 0 aliphatic heterocycles. The van der Waals surface area contributed by atoms with Crippen LogP contribution in [-0.4, -0.2) is 17.6 Å². The number of aliphatic hydroxyl groups excluding tert-OH is 1. The Balaban J connectivity index is 1.80. The van der Waals surface area contributed by atoms with Gasteiger partial charge in [-0.1, -0.05) is 36.4 Å². The van der Waals surface area contributed by atoms with Gasteiger partial charge in [-0.3, -0.25) is 4.79 Å². The zero-order valence-electron chi connectivity index (χ0n) is 10.3. The molecule has 3 nitrogen and oxygen atoms in total. The minimum Gasteiger partial charge on any atom is -0.386 e. The van der Waals surface area contributed by atoms with Crippen LogP contribution in [0.15, 0.2) is 53.9 Å². The highest BCUT2D eigenvalue weighted by molar-refractivity contribution is 7.10. The van der Waals surface area contributed by atoms with E-state index in [4.69, 9.17) is 0 Å². The molecule has 0 radical (unpaired) electrons. The Morgan fingerprint density at radius 3 is 2.74 bits per heavy atom. The fourth-order valence-electron chi connectivity index (χ4n) is 1.57. The van der Waals surface area contributed by atoms with Crippen LogP contribution in [0.5, 0.6) is 0 Å². The summed E-state index contributed by atoms with van der Waals surface area (Å²) in [5.74, 6) is -0.209. The van der Waals surface area contributed by atoms with Crippen molar-refractivity contribution < 1.29 is 9.90 Å². The van der Waals surface area contributed by atoms with Crippen LogP contribution >= 0.6 is 11.3 Å². The molecule has 1 aromatic heterocycles. The van der Waals surface area contributed by atoms with Crippen LogP contribution < -0.4 is 5.32 Å². The zero-order valence-corrected chi connectivity index (χ0v) is 11.1. The second-order valence-corrected chi connectivity index (χ2v) is 5.00. The maximum Gasteiger partial charge on any atom is 0.244 e. The highest BCUT2D eigenvalue weighted by Crippen LogP contribution is 2.17. The van der Waals surface area contributed by atoms with E-state index < -0.39 is 6.10 Å². The standard InChI is InChI=1S/C15H15NO2S/c17-13(14-7-4-10-19-14)11-16-15(18)9-8-12-5-2-1-3-6-12/h1-10,13,17H,11H2,(H,16,18)/b9-8+. The molecular weight excluding hydrogens is 258 g/mol. The van der Waals surface area contributed by atoms with Gasteiger partial charge in [0.05, 0.1) is 0 Å². The number of thiophene rings is 1. The van der Waals surface area contributed by atoms with Crippen molar-refractivity contribution in [1.82, 2.24) is 5.32 Å². The van der Waals surface area contributed by atoms with Gasteiger partial charge in [0, 0.05) is 17.5 Å². The van der Waals surface area contributed by atoms with E-state index in [1.54, 1.807) is 6.08 Å². The average Bonchev–Trinajstić information content (AvgIpc) is 2.98. The molecule has 1 amide bonds. The molecule has 0 aliphatic rings. The highest BCUT2D eigenvalue weighted by atomic mass is 32.1. The number of carbonyl (C=O) groups is 1. The molecule has 0 fully saturated rings. The van der Waals surface area contributed by atoms with Gasteiger partial charge in [0.15, 0.2) is 0 Å². The van der Waals surface area contributed by atoms with Crippen LogP contribution in [0.3, 0.4) is 0 Å². The number of benzene rings is 1. The lowest BCUT2D eigenvalue weighted by Crippen LogP contribution is -2.26. The van der Waals surface area contributed by atoms with Gasteiger partial charge in [-0.25, -0.2) is 0 Å². The van der Waals surface area contributed by atoms with E-state index in [2.05, 4.69) is 5.32 Å². The third-order valence-electron chi connectivity index (χ3n) is 2.57. The molecule has 1 heterocycles. The SMILES string of the molecule is O=C(/C=C/c1ccccc1)NCC(O)c1cccs1. The molecular formula is C15H15NO2S. The van der Waals surface area contributed by atoms with Gasteiger partial charge < -0.3 is 10.4 Å². The first kappa shape index (κ1) is 13.5. The third kappa shape index (κ3) is 4.35. The van der Waals surface area contributed by atoms with E-state index in [9.17, 15) is 9.90 Å². The van der Waals surface area contributed by atoms with Gasteiger partial charge in [0.1, 0.15) is 6.10 Å². The molecule has 0 spiro atoms. The number of carbonyl (C=O) groups excluding carboxylic acids is 1. The van der Waals surface area contributed by atoms with Crippen LogP contribution in [0.2, 0.25) is 0 Å². The molecule has 19 heavy (non-hydrogen) atoms. The molecule has 1 aromatic carbocycles. The fourth-order valence-corrected chi connectivity index (χ4v) is 2.29. The van der Waals surface area contributed by atoms with Gasteiger partial charge in [-0.05, 0) is 23.1 Å². The maximum absolute atomic E-state index is 11.6. The van der Waals surface area contributed by atoms with E-state index in [1.807, 2.05) is 47.8 Å². The van der Waals surface area contributed by atoms with Crippen LogP contribution in [0, 0.1) is 0 Å². The molecule has 0 aliphatic carbocycles. The van der Waals surface area contributed by atoms with Crippen LogP contribution in [-0.2, 0) is 4.79 Å². The lowest BCUT2D eigenvalue weighted by molar-refractivity contribution is -0.116. The van der Waals surface area contributed by atoms with Gasteiger partial charge in [-0.15, -0.1) is 11.3 Å². The van der Waals surface area contributed by atoms with Crippen molar-refractivity contribution in [1.29, 1.82) is 0 Å². The molecule has 2 aromatic rings. The summed E-state index contributed by atoms with van der Waals surface area (Å²) in [6.07, 6.45) is 2.57. The van der Waals surface area contributed by atoms with Crippen LogP contribution in [0.25, 0.3) is 6.08 Å². The fraction of sp³-hybridized carbons (Fsp3) is 0.133. The molecule has 1 atom stereocenters. The largest absolute Gasteiger partial charge is 0.386 e. The second-order valence-electron chi connectivity index (χ2n) is 4.02. The van der Waals surface area contributed by atoms with E-state index in [0.717, 1.165) is 10.4 Å². The van der Waals surface area contributed by atoms with Gasteiger partial charge in [0.25, 0.3) is 0 Å². The van der Waals surface area contributed by atoms with E-state index >= 15 is 0 Å². The first-order chi connectivity index (χ1) is 9.25. The Kier molecular flexibility index (Phi) is 4.89. The summed E-state index contributed by atoms with van der Waals surface area (Å²) in [4.78, 5) is 12.4. The van der Waals surface area contributed by atoms with Crippen molar-refractivity contribution >= 4 is 23.3 Å². The summed E-state index contributed by atoms with van der Waals surface area (Å²) in [5.41, 5.74) is 0.969. The quantitative estimate of drug-likeness (QED) is 0.823. The van der Waals surface area contributed by atoms with Gasteiger partial charge in [0.2, 0.25) is 5.91 Å². The molecule has 0 saturated carbocycles. The first-order valence-corrected chi connectivity index (χ1v) is 6.86. The van der Waals surface area contributed by atoms with Crippen molar-refractivity contribution in [2.75, 3.05) is 6.54 Å². The molecule has 2 N–H and O–H groups in total. The Bertz CT molecular complexity index is 535. The molecule has 0 bridgehead atoms. The number of rotatable bonds is 5. The van der Waals surface area contributed by atoms with E-state index in [1.165, 1.54) is 17.4 Å². The molecule has 98 valence electrons. The Morgan fingerprint density at radius 2 is 2.05 bits per heavy atom. The number of amides is 1. The number of hydrogen-bond donors (Lipinski definition) is 2. The number of hydrogen-bond acceptors (Lipinski definition) is 3. The first-order valence-electron chi connectivity index (χ1n) is 5.98. The maximum atomic E-state index is 11.6. The minimum atomic E-state index is -0.644. The topological polar surface area (TPSA) is 49.3 Å². The van der Waals surface area contributed by atoms with Gasteiger partial charge in [-0.2, -0.15) is 0 Å². The monoisotopic (exact) mass is 273 g/mol. The lowest BCUT2D eigenvalue weighted by Gasteiger charge is -2.08. The Hall–Kier alpha value is -1.91. The number of aliphatic hydroxyl groups is 1. The predicted octanol–water partition coefficient (Wildman–Crippen LogP) is 2.61. The van der Waals surface area contributed by atoms with Crippen LogP contribution in [0.1, 0.15) is 16.5 Å². The zero-order chi connectivity index (χ0) is 13.5. The normalized spacial score (nSPS) is 12.5. The van der Waals surface area contributed by atoms with E-state index in [0.29, 0.717) is 0 Å². The smallest absolute Gasteiger partial charge is 0.244 e. The van der Waals surface area contributed by atoms with E-state index in [-0.39, 0.29) is 12.5 Å². The summed E-state index contributed by atoms with van der Waals surface area (Å²) >= 11 is 1.47. The summed E-state index contributed by atoms with van der Waals surface area (Å²) in [7, 11) is 0. The second kappa shape index (κ2) is 6.87. The lowest BCUT2D eigenvalue weighted by atomic mass is 10.2. The van der Waals surface area contributed by atoms with Crippen molar-refractivity contribution in [3.05, 3.63) is 64.4 Å². The Morgan fingerprint density at radius 1 is 1.26 bits per heavy atom. The predicted molar refractivity (Wildman–Crippen MR) is 77.8 cm³/mol. The van der Waals surface area contributed by atoms with Crippen molar-refractivity contribution in [3.8, 4) is 0 Å². The van der Waals surface area contributed by atoms with Crippen LogP contribution in [0.4, 0.5) is 0 Å². The summed E-state index contributed by atoms with van der Waals surface area (Å²) < 4.78 is 0. The van der Waals surface area contributed by atoms with Gasteiger partial charge >= 0.3 is 0 Å². The van der Waals surface area contributed by atoms with Crippen molar-refractivity contribution in [2.45, 2.75) is 6.10 Å². The minimum absolute atomic E-state index is 0.209. The summed E-state index contributed by atoms with van der Waals surface area (Å²) in [6, 6.07) is 13.3. The summed E-state index contributed by atoms with van der Waals surface area (Å²) in [5, 5.41) is 14.4. The summed E-state index contributed by atoms with van der Waals surface area (Å²) in [6.45, 7) is 0.221. The number of nitrogens with one attached hydrogen (secondary N) is 1. The average molecular weight is 273 g/mol. The molecule has 0 saturated heterocycles. The van der Waals surface area contributed by atoms with Crippen molar-refractivity contribution in [3.63, 3.8) is 0 Å². The molecule has 1 unspecified atom stereocenters. The van der Waals surface area contributed by atoms with Crippen molar-refractivity contribution in [2.24, 2.45) is 0 Å². The highest BCUT2D eigenvalue weighted by Gasteiger charge is 2.08. The molecule has 2 rings (SSSR count). The molecule has 4 heteroatoms. The Labute approximate surface area is 116 Å². The third-order valence-corrected chi connectivity index (χ3v) is 3.54.